The number of anilines is 2. The van der Waals surface area contributed by atoms with E-state index in [0.29, 0.717) is 17.9 Å². The smallest absolute Gasteiger partial charge is 0.322 e. The second kappa shape index (κ2) is 7.37. The second-order valence-corrected chi connectivity index (χ2v) is 5.55. The van der Waals surface area contributed by atoms with E-state index in [9.17, 15) is 0 Å². The van der Waals surface area contributed by atoms with Gasteiger partial charge in [-0.15, -0.1) is 0 Å². The zero-order valence-corrected chi connectivity index (χ0v) is 12.4. The van der Waals surface area contributed by atoms with E-state index in [1.807, 2.05) is 11.8 Å². The number of methoxy groups -OCH3 is 1. The predicted molar refractivity (Wildman–Crippen MR) is 79.3 cm³/mol. The topological polar surface area (TPSA) is 63.2 Å². The Hall–Kier alpha value is -1.24. The van der Waals surface area contributed by atoms with Crippen molar-refractivity contribution in [3.63, 3.8) is 0 Å². The number of hydrogen-bond acceptors (Lipinski definition) is 7. The highest BCUT2D eigenvalue weighted by Crippen LogP contribution is 2.18. The van der Waals surface area contributed by atoms with Gasteiger partial charge in [0.15, 0.2) is 0 Å². The maximum absolute atomic E-state index is 5.16. The molecule has 1 aliphatic rings. The van der Waals surface area contributed by atoms with Gasteiger partial charge in [-0.2, -0.15) is 26.7 Å². The molecule has 106 valence electrons. The summed E-state index contributed by atoms with van der Waals surface area (Å²) in [4.78, 5) is 15.3. The fourth-order valence-corrected chi connectivity index (χ4v) is 2.73. The molecule has 2 heterocycles. The van der Waals surface area contributed by atoms with Crippen LogP contribution in [0.1, 0.15) is 19.8 Å². The van der Waals surface area contributed by atoms with Crippen molar-refractivity contribution in [1.82, 2.24) is 15.0 Å². The highest BCUT2D eigenvalue weighted by molar-refractivity contribution is 7.99. The van der Waals surface area contributed by atoms with Crippen LogP contribution in [0.2, 0.25) is 0 Å². The van der Waals surface area contributed by atoms with E-state index in [4.69, 9.17) is 4.74 Å². The van der Waals surface area contributed by atoms with Gasteiger partial charge >= 0.3 is 6.01 Å². The van der Waals surface area contributed by atoms with Crippen molar-refractivity contribution in [2.45, 2.75) is 19.8 Å². The van der Waals surface area contributed by atoms with Crippen LogP contribution >= 0.6 is 11.8 Å². The molecule has 0 radical (unpaired) electrons. The molecule has 6 nitrogen and oxygen atoms in total. The highest BCUT2D eigenvalue weighted by atomic mass is 32.2. The van der Waals surface area contributed by atoms with E-state index < -0.39 is 0 Å². The van der Waals surface area contributed by atoms with Crippen molar-refractivity contribution >= 4 is 23.7 Å². The zero-order valence-electron chi connectivity index (χ0n) is 11.6. The predicted octanol–water partition coefficient (Wildman–Crippen LogP) is 1.65. The molecule has 1 N–H and O–H groups in total. The van der Waals surface area contributed by atoms with Crippen LogP contribution in [0.5, 0.6) is 6.01 Å². The van der Waals surface area contributed by atoms with Crippen LogP contribution in [0.3, 0.4) is 0 Å². The van der Waals surface area contributed by atoms with Gasteiger partial charge in [-0.05, 0) is 18.6 Å². The molecule has 0 amide bonds. The molecule has 1 aromatic heterocycles. The summed E-state index contributed by atoms with van der Waals surface area (Å²) < 4.78 is 5.16. The molecular weight excluding hydrogens is 262 g/mol. The largest absolute Gasteiger partial charge is 0.467 e. The third-order valence-corrected chi connectivity index (χ3v) is 3.87. The number of ether oxygens (including phenoxy) is 1. The first kappa shape index (κ1) is 14.2. The Kier molecular flexibility index (Phi) is 5.50. The average Bonchev–Trinajstić information content (AvgIpc) is 2.73. The monoisotopic (exact) mass is 283 g/mol. The summed E-state index contributed by atoms with van der Waals surface area (Å²) >= 11 is 1.98. The van der Waals surface area contributed by atoms with Gasteiger partial charge in [0.1, 0.15) is 0 Å². The van der Waals surface area contributed by atoms with Crippen molar-refractivity contribution in [2.75, 3.05) is 48.5 Å². The van der Waals surface area contributed by atoms with Gasteiger partial charge in [-0.1, -0.05) is 6.92 Å². The van der Waals surface area contributed by atoms with Crippen LogP contribution in [-0.2, 0) is 0 Å². The number of aromatic nitrogens is 3. The lowest BCUT2D eigenvalue weighted by molar-refractivity contribution is 0.378. The van der Waals surface area contributed by atoms with Crippen LogP contribution < -0.4 is 15.0 Å². The molecule has 1 aromatic rings. The summed E-state index contributed by atoms with van der Waals surface area (Å²) in [6, 6.07) is 0.375. The molecule has 0 aliphatic carbocycles. The molecule has 1 fully saturated rings. The van der Waals surface area contributed by atoms with E-state index in [1.165, 1.54) is 5.75 Å². The standard InChI is InChI=1S/C12H21N5OS/c1-3-5-13-10-14-11(16-12(15-10)18-2)17-6-4-8-19-9-7-17/h3-9H2,1-2H3,(H,13,14,15,16). The number of rotatable bonds is 5. The highest BCUT2D eigenvalue weighted by Gasteiger charge is 2.15. The molecular formula is C12H21N5OS. The molecule has 0 atom stereocenters. The molecule has 7 heteroatoms. The van der Waals surface area contributed by atoms with Gasteiger partial charge in [0.2, 0.25) is 11.9 Å². The molecule has 0 unspecified atom stereocenters. The Labute approximate surface area is 118 Å². The second-order valence-electron chi connectivity index (χ2n) is 4.33. The SMILES string of the molecule is CCCNc1nc(OC)nc(N2CCCSCC2)n1. The summed E-state index contributed by atoms with van der Waals surface area (Å²) in [6.07, 6.45) is 2.19. The fraction of sp³-hybridized carbons (Fsp3) is 0.750. The van der Waals surface area contributed by atoms with E-state index in [-0.39, 0.29) is 0 Å². The Bertz CT molecular complexity index is 396. The minimum Gasteiger partial charge on any atom is -0.467 e. The molecule has 1 saturated heterocycles. The van der Waals surface area contributed by atoms with Crippen LogP contribution in [-0.4, -0.2) is 53.2 Å². The maximum atomic E-state index is 5.16. The van der Waals surface area contributed by atoms with Gasteiger partial charge in [0, 0.05) is 25.4 Å². The van der Waals surface area contributed by atoms with E-state index in [0.717, 1.165) is 38.2 Å². The van der Waals surface area contributed by atoms with Crippen molar-refractivity contribution in [1.29, 1.82) is 0 Å². The first-order valence-electron chi connectivity index (χ1n) is 6.70. The summed E-state index contributed by atoms with van der Waals surface area (Å²) in [6.45, 7) is 4.93. The summed E-state index contributed by atoms with van der Waals surface area (Å²) in [7, 11) is 1.58. The first-order valence-corrected chi connectivity index (χ1v) is 7.85. The maximum Gasteiger partial charge on any atom is 0.322 e. The average molecular weight is 283 g/mol. The summed E-state index contributed by atoms with van der Waals surface area (Å²) in [5.41, 5.74) is 0. The molecule has 0 aromatic carbocycles. The van der Waals surface area contributed by atoms with E-state index in [1.54, 1.807) is 7.11 Å². The van der Waals surface area contributed by atoms with Gasteiger partial charge in [-0.25, -0.2) is 0 Å². The number of thioether (sulfide) groups is 1. The van der Waals surface area contributed by atoms with Gasteiger partial charge in [-0.3, -0.25) is 0 Å². The van der Waals surface area contributed by atoms with Crippen molar-refractivity contribution in [3.05, 3.63) is 0 Å². The third-order valence-electron chi connectivity index (χ3n) is 2.82. The van der Waals surface area contributed by atoms with E-state index in [2.05, 4.69) is 32.1 Å². The third kappa shape index (κ3) is 4.12. The lowest BCUT2D eigenvalue weighted by Crippen LogP contribution is -2.28. The van der Waals surface area contributed by atoms with Crippen LogP contribution in [0.15, 0.2) is 0 Å². The molecule has 2 rings (SSSR count). The number of nitrogens with one attached hydrogen (secondary N) is 1. The van der Waals surface area contributed by atoms with Crippen LogP contribution in [0.4, 0.5) is 11.9 Å². The Morgan fingerprint density at radius 1 is 1.26 bits per heavy atom. The Morgan fingerprint density at radius 3 is 2.95 bits per heavy atom. The summed E-state index contributed by atoms with van der Waals surface area (Å²) in [5.74, 6) is 3.64. The van der Waals surface area contributed by atoms with Crippen molar-refractivity contribution in [2.24, 2.45) is 0 Å². The molecule has 0 saturated carbocycles. The number of nitrogens with zero attached hydrogens (tertiary/aromatic N) is 4. The first-order chi connectivity index (χ1) is 9.33. The van der Waals surface area contributed by atoms with Crippen molar-refractivity contribution < 1.29 is 4.74 Å². The fourth-order valence-electron chi connectivity index (χ4n) is 1.84. The van der Waals surface area contributed by atoms with Crippen LogP contribution in [0.25, 0.3) is 0 Å². The molecule has 0 spiro atoms. The Morgan fingerprint density at radius 2 is 2.16 bits per heavy atom. The lowest BCUT2D eigenvalue weighted by Gasteiger charge is -2.20. The van der Waals surface area contributed by atoms with Gasteiger partial charge in [0.05, 0.1) is 7.11 Å². The quantitative estimate of drug-likeness (QED) is 0.881. The zero-order chi connectivity index (χ0) is 13.5. The number of hydrogen-bond donors (Lipinski definition) is 1. The molecule has 1 aliphatic heterocycles. The van der Waals surface area contributed by atoms with Gasteiger partial charge in [0.25, 0.3) is 0 Å². The normalized spacial score (nSPS) is 16.0. The molecule has 0 bridgehead atoms. The van der Waals surface area contributed by atoms with Crippen molar-refractivity contribution in [3.8, 4) is 6.01 Å². The minimum absolute atomic E-state index is 0.375. The Balaban J connectivity index is 2.17. The van der Waals surface area contributed by atoms with Crippen LogP contribution in [0, 0.1) is 0 Å². The van der Waals surface area contributed by atoms with E-state index >= 15 is 0 Å². The molecule has 19 heavy (non-hydrogen) atoms. The lowest BCUT2D eigenvalue weighted by atomic mass is 10.4. The summed E-state index contributed by atoms with van der Waals surface area (Å²) in [5, 5.41) is 3.19. The van der Waals surface area contributed by atoms with Gasteiger partial charge < -0.3 is 15.0 Å². The minimum atomic E-state index is 0.375.